The molecule has 0 fully saturated rings. The number of benzene rings is 3. The lowest BCUT2D eigenvalue weighted by molar-refractivity contribution is 0.486. The summed E-state index contributed by atoms with van der Waals surface area (Å²) in [4.78, 5) is 0. The van der Waals surface area contributed by atoms with Crippen LogP contribution in [0.3, 0.4) is 0 Å². The average Bonchev–Trinajstić information content (AvgIpc) is 2.44. The molecule has 0 aliphatic heterocycles. The number of hydrogen-bond donors (Lipinski definition) is 0. The first-order valence-corrected chi connectivity index (χ1v) is 5.90. The largest absolute Gasteiger partial charge is 0.246 e. The standard InChI is InChI=1S/C16H12F2/c17-9-15-11-5-1-2-6-12(11)16(10-18)14-8-4-3-7-13(14)15/h1-8H,9-10H2. The van der Waals surface area contributed by atoms with E-state index in [1.165, 1.54) is 0 Å². The molecule has 0 atom stereocenters. The van der Waals surface area contributed by atoms with E-state index in [4.69, 9.17) is 0 Å². The monoisotopic (exact) mass is 242 g/mol. The Hall–Kier alpha value is -1.96. The van der Waals surface area contributed by atoms with Crippen molar-refractivity contribution in [2.45, 2.75) is 13.3 Å². The van der Waals surface area contributed by atoms with Crippen molar-refractivity contribution in [2.24, 2.45) is 0 Å². The molecule has 0 saturated carbocycles. The summed E-state index contributed by atoms with van der Waals surface area (Å²) >= 11 is 0. The Morgan fingerprint density at radius 3 is 1.06 bits per heavy atom. The lowest BCUT2D eigenvalue weighted by atomic mass is 9.93. The molecule has 0 aliphatic carbocycles. The zero-order chi connectivity index (χ0) is 12.5. The molecule has 0 radical (unpaired) electrons. The molecule has 2 heteroatoms. The Morgan fingerprint density at radius 1 is 0.556 bits per heavy atom. The second-order valence-corrected chi connectivity index (χ2v) is 4.32. The van der Waals surface area contributed by atoms with Crippen LogP contribution in [0.1, 0.15) is 11.1 Å². The van der Waals surface area contributed by atoms with E-state index in [1.807, 2.05) is 48.5 Å². The second-order valence-electron chi connectivity index (χ2n) is 4.32. The maximum atomic E-state index is 13.3. The van der Waals surface area contributed by atoms with Gasteiger partial charge in [0.1, 0.15) is 13.3 Å². The van der Waals surface area contributed by atoms with Crippen molar-refractivity contribution in [2.75, 3.05) is 0 Å². The van der Waals surface area contributed by atoms with Crippen LogP contribution in [0.25, 0.3) is 21.5 Å². The summed E-state index contributed by atoms with van der Waals surface area (Å²) in [5.41, 5.74) is 1.30. The summed E-state index contributed by atoms with van der Waals surface area (Å²) in [6.07, 6.45) is 0. The molecular formula is C16H12F2. The first kappa shape index (κ1) is 11.1. The summed E-state index contributed by atoms with van der Waals surface area (Å²) < 4.78 is 26.7. The van der Waals surface area contributed by atoms with Gasteiger partial charge in [0.05, 0.1) is 0 Å². The molecular weight excluding hydrogens is 230 g/mol. The van der Waals surface area contributed by atoms with Crippen molar-refractivity contribution < 1.29 is 8.78 Å². The van der Waals surface area contributed by atoms with Crippen molar-refractivity contribution in [3.8, 4) is 0 Å². The van der Waals surface area contributed by atoms with Crippen molar-refractivity contribution in [1.82, 2.24) is 0 Å². The quantitative estimate of drug-likeness (QED) is 0.559. The minimum Gasteiger partial charge on any atom is -0.246 e. The van der Waals surface area contributed by atoms with Crippen molar-refractivity contribution >= 4 is 21.5 Å². The van der Waals surface area contributed by atoms with Crippen molar-refractivity contribution in [3.05, 3.63) is 59.7 Å². The third-order valence-corrected chi connectivity index (χ3v) is 3.42. The molecule has 3 aromatic carbocycles. The van der Waals surface area contributed by atoms with E-state index in [9.17, 15) is 8.78 Å². The first-order valence-electron chi connectivity index (χ1n) is 5.90. The zero-order valence-electron chi connectivity index (χ0n) is 9.79. The molecule has 0 aliphatic rings. The molecule has 0 spiro atoms. The van der Waals surface area contributed by atoms with Crippen LogP contribution in [-0.2, 0) is 13.3 Å². The molecule has 0 saturated heterocycles. The van der Waals surface area contributed by atoms with Crippen LogP contribution in [0.2, 0.25) is 0 Å². The summed E-state index contributed by atoms with van der Waals surface area (Å²) in [5.74, 6) is 0. The highest BCUT2D eigenvalue weighted by Gasteiger charge is 2.12. The summed E-state index contributed by atoms with van der Waals surface area (Å²) in [5, 5.41) is 3.25. The van der Waals surface area contributed by atoms with Gasteiger partial charge < -0.3 is 0 Å². The molecule has 0 nitrogen and oxygen atoms in total. The topological polar surface area (TPSA) is 0 Å². The van der Waals surface area contributed by atoms with Gasteiger partial charge in [-0.2, -0.15) is 0 Å². The van der Waals surface area contributed by atoms with Crippen LogP contribution < -0.4 is 0 Å². The minimum atomic E-state index is -0.534. The lowest BCUT2D eigenvalue weighted by Crippen LogP contribution is -1.92. The van der Waals surface area contributed by atoms with Crippen LogP contribution in [0.5, 0.6) is 0 Å². The zero-order valence-corrected chi connectivity index (χ0v) is 9.79. The normalized spacial score (nSPS) is 11.2. The Morgan fingerprint density at radius 2 is 0.833 bits per heavy atom. The maximum absolute atomic E-state index is 13.3. The average molecular weight is 242 g/mol. The molecule has 0 amide bonds. The van der Waals surface area contributed by atoms with Crippen molar-refractivity contribution in [3.63, 3.8) is 0 Å². The molecule has 0 bridgehead atoms. The highest BCUT2D eigenvalue weighted by Crippen LogP contribution is 2.33. The Bertz CT molecular complexity index is 598. The van der Waals surface area contributed by atoms with Gasteiger partial charge in [0, 0.05) is 0 Å². The lowest BCUT2D eigenvalue weighted by Gasteiger charge is -2.13. The van der Waals surface area contributed by atoms with E-state index < -0.39 is 13.3 Å². The number of fused-ring (bicyclic) bond motifs is 2. The number of hydrogen-bond acceptors (Lipinski definition) is 0. The summed E-state index contributed by atoms with van der Waals surface area (Å²) in [7, 11) is 0. The second kappa shape index (κ2) is 4.37. The molecule has 18 heavy (non-hydrogen) atoms. The Balaban J connectivity index is 2.61. The van der Waals surface area contributed by atoms with E-state index in [0.717, 1.165) is 21.5 Å². The fourth-order valence-electron chi connectivity index (χ4n) is 2.60. The highest BCUT2D eigenvalue weighted by atomic mass is 19.1. The SMILES string of the molecule is FCc1c2ccccc2c(CF)c2ccccc12. The van der Waals surface area contributed by atoms with Gasteiger partial charge in [-0.25, -0.2) is 8.78 Å². The van der Waals surface area contributed by atoms with Gasteiger partial charge in [-0.1, -0.05) is 48.5 Å². The van der Waals surface area contributed by atoms with Gasteiger partial charge in [-0.3, -0.25) is 0 Å². The molecule has 3 rings (SSSR count). The molecule has 3 aromatic rings. The highest BCUT2D eigenvalue weighted by molar-refractivity contribution is 6.05. The molecule has 0 heterocycles. The van der Waals surface area contributed by atoms with Gasteiger partial charge in [0.25, 0.3) is 0 Å². The summed E-state index contributed by atoms with van der Waals surface area (Å²) in [6, 6.07) is 14.9. The molecule has 0 N–H and O–H groups in total. The number of alkyl halides is 2. The maximum Gasteiger partial charge on any atom is 0.116 e. The number of halogens is 2. The van der Waals surface area contributed by atoms with Crippen LogP contribution in [-0.4, -0.2) is 0 Å². The van der Waals surface area contributed by atoms with Gasteiger partial charge in [0.15, 0.2) is 0 Å². The fourth-order valence-corrected chi connectivity index (χ4v) is 2.60. The third kappa shape index (κ3) is 1.49. The van der Waals surface area contributed by atoms with Crippen LogP contribution in [0.15, 0.2) is 48.5 Å². The van der Waals surface area contributed by atoms with E-state index in [-0.39, 0.29) is 0 Å². The third-order valence-electron chi connectivity index (χ3n) is 3.42. The molecule has 90 valence electrons. The van der Waals surface area contributed by atoms with E-state index in [2.05, 4.69) is 0 Å². The van der Waals surface area contributed by atoms with Crippen molar-refractivity contribution in [1.29, 1.82) is 0 Å². The van der Waals surface area contributed by atoms with Crippen LogP contribution >= 0.6 is 0 Å². The van der Waals surface area contributed by atoms with Gasteiger partial charge in [-0.05, 0) is 32.7 Å². The van der Waals surface area contributed by atoms with Gasteiger partial charge >= 0.3 is 0 Å². The smallest absolute Gasteiger partial charge is 0.116 e. The van der Waals surface area contributed by atoms with Crippen LogP contribution in [0.4, 0.5) is 8.78 Å². The Kier molecular flexibility index (Phi) is 2.71. The molecule has 0 unspecified atom stereocenters. The Labute approximate surface area is 104 Å². The number of rotatable bonds is 2. The predicted octanol–water partition coefficient (Wildman–Crippen LogP) is 4.93. The van der Waals surface area contributed by atoms with E-state index >= 15 is 0 Å². The first-order chi connectivity index (χ1) is 8.86. The van der Waals surface area contributed by atoms with E-state index in [0.29, 0.717) is 11.1 Å². The van der Waals surface area contributed by atoms with Gasteiger partial charge in [-0.15, -0.1) is 0 Å². The van der Waals surface area contributed by atoms with Gasteiger partial charge in [0.2, 0.25) is 0 Å². The van der Waals surface area contributed by atoms with Crippen LogP contribution in [0, 0.1) is 0 Å². The molecule has 0 aromatic heterocycles. The fraction of sp³-hybridized carbons (Fsp3) is 0.125. The summed E-state index contributed by atoms with van der Waals surface area (Å²) in [6.45, 7) is -1.07. The van der Waals surface area contributed by atoms with E-state index in [1.54, 1.807) is 0 Å². The minimum absolute atomic E-state index is 0.534. The predicted molar refractivity (Wildman–Crippen MR) is 71.1 cm³/mol.